The van der Waals surface area contributed by atoms with E-state index in [2.05, 4.69) is 20.9 Å². The average molecular weight is 336 g/mol. The predicted octanol–water partition coefficient (Wildman–Crippen LogP) is 3.63. The van der Waals surface area contributed by atoms with Crippen LogP contribution in [0.2, 0.25) is 0 Å². The third-order valence-electron chi connectivity index (χ3n) is 2.73. The summed E-state index contributed by atoms with van der Waals surface area (Å²) < 4.78 is 11.8. The lowest BCUT2D eigenvalue weighted by Crippen LogP contribution is -2.01. The van der Waals surface area contributed by atoms with Crippen LogP contribution in [0, 0.1) is 0 Å². The first-order valence-corrected chi connectivity index (χ1v) is 6.81. The second-order valence-corrected chi connectivity index (χ2v) is 5.09. The zero-order valence-electron chi connectivity index (χ0n) is 11.2. The number of aromatic nitrogens is 1. The fraction of sp³-hybridized carbons (Fsp3) is 0.200. The van der Waals surface area contributed by atoms with E-state index in [1.807, 2.05) is 12.1 Å². The van der Waals surface area contributed by atoms with Crippen molar-refractivity contribution in [3.63, 3.8) is 0 Å². The minimum atomic E-state index is -0.00979. The van der Waals surface area contributed by atoms with E-state index in [9.17, 15) is 4.79 Å². The molecule has 1 heterocycles. The van der Waals surface area contributed by atoms with Crippen LogP contribution in [0.5, 0.6) is 11.5 Å². The maximum Gasteiger partial charge on any atom is 0.161 e. The maximum atomic E-state index is 11.3. The van der Waals surface area contributed by atoms with E-state index < -0.39 is 0 Å². The van der Waals surface area contributed by atoms with E-state index >= 15 is 0 Å². The minimum Gasteiger partial charge on any atom is -0.493 e. The van der Waals surface area contributed by atoms with E-state index in [4.69, 9.17) is 9.47 Å². The molecule has 0 aliphatic carbocycles. The molecule has 4 nitrogen and oxygen atoms in total. The normalized spacial score (nSPS) is 10.2. The summed E-state index contributed by atoms with van der Waals surface area (Å²) in [5.74, 6) is 1.11. The van der Waals surface area contributed by atoms with Gasteiger partial charge in [0.2, 0.25) is 0 Å². The van der Waals surface area contributed by atoms with Gasteiger partial charge in [-0.05, 0) is 53.2 Å². The second kappa shape index (κ2) is 6.52. The number of benzene rings is 1. The predicted molar refractivity (Wildman–Crippen MR) is 79.3 cm³/mol. The highest BCUT2D eigenvalue weighted by Gasteiger charge is 2.08. The topological polar surface area (TPSA) is 48.4 Å². The van der Waals surface area contributed by atoms with E-state index in [1.165, 1.54) is 6.92 Å². The van der Waals surface area contributed by atoms with E-state index in [0.717, 1.165) is 10.2 Å². The number of halogens is 1. The number of pyridine rings is 1. The van der Waals surface area contributed by atoms with Gasteiger partial charge in [0.25, 0.3) is 0 Å². The fourth-order valence-corrected chi connectivity index (χ4v) is 1.88. The molecule has 0 spiro atoms. The van der Waals surface area contributed by atoms with Gasteiger partial charge < -0.3 is 9.47 Å². The molecule has 1 aromatic heterocycles. The molecule has 5 heteroatoms. The lowest BCUT2D eigenvalue weighted by atomic mass is 10.1. The van der Waals surface area contributed by atoms with Crippen molar-refractivity contribution in [2.24, 2.45) is 0 Å². The molecule has 0 unspecified atom stereocenters. The Bertz CT molecular complexity index is 611. The maximum absolute atomic E-state index is 11.3. The summed E-state index contributed by atoms with van der Waals surface area (Å²) in [6.45, 7) is 1.85. The van der Waals surface area contributed by atoms with Gasteiger partial charge in [0.1, 0.15) is 6.61 Å². The summed E-state index contributed by atoms with van der Waals surface area (Å²) in [6.07, 6.45) is 1.72. The number of Topliss-reactive ketones (excluding diaryl/α,β-unsaturated/α-hetero) is 1. The Hall–Kier alpha value is -1.88. The van der Waals surface area contributed by atoms with Gasteiger partial charge in [-0.3, -0.25) is 9.78 Å². The Morgan fingerprint density at radius 1 is 1.25 bits per heavy atom. The third kappa shape index (κ3) is 3.57. The molecule has 20 heavy (non-hydrogen) atoms. The largest absolute Gasteiger partial charge is 0.493 e. The number of carbonyl (C=O) groups is 1. The van der Waals surface area contributed by atoms with Crippen molar-refractivity contribution in [2.45, 2.75) is 13.5 Å². The van der Waals surface area contributed by atoms with Crippen molar-refractivity contribution in [1.82, 2.24) is 4.98 Å². The van der Waals surface area contributed by atoms with Crippen molar-refractivity contribution in [1.29, 1.82) is 0 Å². The smallest absolute Gasteiger partial charge is 0.161 e. The molecule has 2 aromatic rings. The fourth-order valence-electron chi connectivity index (χ4n) is 1.65. The van der Waals surface area contributed by atoms with Gasteiger partial charge in [0.05, 0.1) is 12.8 Å². The van der Waals surface area contributed by atoms with Gasteiger partial charge >= 0.3 is 0 Å². The van der Waals surface area contributed by atoms with Crippen molar-refractivity contribution in [3.8, 4) is 11.5 Å². The van der Waals surface area contributed by atoms with Crippen molar-refractivity contribution >= 4 is 21.7 Å². The Morgan fingerprint density at radius 3 is 2.65 bits per heavy atom. The summed E-state index contributed by atoms with van der Waals surface area (Å²) in [5, 5.41) is 0. The molecule has 1 aromatic carbocycles. The first-order valence-electron chi connectivity index (χ1n) is 6.02. The van der Waals surface area contributed by atoms with E-state index in [0.29, 0.717) is 23.7 Å². The molecular weight excluding hydrogens is 322 g/mol. The second-order valence-electron chi connectivity index (χ2n) is 4.18. The van der Waals surface area contributed by atoms with Gasteiger partial charge in [0, 0.05) is 16.2 Å². The summed E-state index contributed by atoms with van der Waals surface area (Å²) in [7, 11) is 1.55. The highest BCUT2D eigenvalue weighted by molar-refractivity contribution is 9.10. The summed E-state index contributed by atoms with van der Waals surface area (Å²) in [5.41, 5.74) is 1.40. The quantitative estimate of drug-likeness (QED) is 0.783. The number of ether oxygens (including phenoxy) is 2. The first-order chi connectivity index (χ1) is 9.60. The van der Waals surface area contributed by atoms with Gasteiger partial charge in [-0.2, -0.15) is 0 Å². The van der Waals surface area contributed by atoms with Crippen molar-refractivity contribution in [2.75, 3.05) is 7.11 Å². The average Bonchev–Trinajstić information content (AvgIpc) is 2.46. The highest BCUT2D eigenvalue weighted by atomic mass is 79.9. The zero-order valence-corrected chi connectivity index (χ0v) is 12.8. The molecular formula is C15H14BrNO3. The SMILES string of the molecule is COc1cc(C(C)=O)ccc1OCc1ccc(Br)cn1. The Morgan fingerprint density at radius 2 is 2.05 bits per heavy atom. The third-order valence-corrected chi connectivity index (χ3v) is 3.20. The number of nitrogens with zero attached hydrogens (tertiary/aromatic N) is 1. The summed E-state index contributed by atoms with van der Waals surface area (Å²) >= 11 is 3.33. The Labute approximate surface area is 125 Å². The summed E-state index contributed by atoms with van der Waals surface area (Å²) in [6, 6.07) is 8.90. The lowest BCUT2D eigenvalue weighted by Gasteiger charge is -2.11. The van der Waals surface area contributed by atoms with Crippen LogP contribution in [0.25, 0.3) is 0 Å². The van der Waals surface area contributed by atoms with Crippen LogP contribution in [0.1, 0.15) is 23.0 Å². The molecule has 0 aliphatic heterocycles. The van der Waals surface area contributed by atoms with Crippen molar-refractivity contribution in [3.05, 3.63) is 52.3 Å². The van der Waals surface area contributed by atoms with Crippen LogP contribution in [-0.2, 0) is 6.61 Å². The lowest BCUT2D eigenvalue weighted by molar-refractivity contribution is 0.101. The number of hydrogen-bond donors (Lipinski definition) is 0. The molecule has 0 bridgehead atoms. The standard InChI is InChI=1S/C15H14BrNO3/c1-10(18)11-3-6-14(15(7-11)19-2)20-9-13-5-4-12(16)8-17-13/h3-8H,9H2,1-2H3. The van der Waals surface area contributed by atoms with Crippen molar-refractivity contribution < 1.29 is 14.3 Å². The number of ketones is 1. The molecule has 0 saturated carbocycles. The van der Waals surface area contributed by atoms with Gasteiger partial charge in [0.15, 0.2) is 17.3 Å². The Kier molecular flexibility index (Phi) is 4.74. The Balaban J connectivity index is 2.12. The first kappa shape index (κ1) is 14.5. The molecule has 0 fully saturated rings. The zero-order chi connectivity index (χ0) is 14.5. The minimum absolute atomic E-state index is 0.00979. The molecule has 0 saturated heterocycles. The van der Waals surface area contributed by atoms with Crippen LogP contribution in [0.4, 0.5) is 0 Å². The number of rotatable bonds is 5. The molecule has 0 atom stereocenters. The molecule has 0 radical (unpaired) electrons. The van der Waals surface area contributed by atoms with Gasteiger partial charge in [-0.15, -0.1) is 0 Å². The van der Waals surface area contributed by atoms with Crippen LogP contribution < -0.4 is 9.47 Å². The van der Waals surface area contributed by atoms with Gasteiger partial charge in [-0.1, -0.05) is 0 Å². The molecule has 0 N–H and O–H groups in total. The molecule has 0 amide bonds. The number of hydrogen-bond acceptors (Lipinski definition) is 4. The van der Waals surface area contributed by atoms with E-state index in [-0.39, 0.29) is 5.78 Å². The van der Waals surface area contributed by atoms with E-state index in [1.54, 1.807) is 31.5 Å². The molecule has 0 aliphatic rings. The monoisotopic (exact) mass is 335 g/mol. The van der Waals surface area contributed by atoms with Crippen LogP contribution >= 0.6 is 15.9 Å². The number of methoxy groups -OCH3 is 1. The van der Waals surface area contributed by atoms with Crippen LogP contribution in [-0.4, -0.2) is 17.9 Å². The van der Waals surface area contributed by atoms with Crippen LogP contribution in [0.15, 0.2) is 41.0 Å². The summed E-state index contributed by atoms with van der Waals surface area (Å²) in [4.78, 5) is 15.6. The van der Waals surface area contributed by atoms with Gasteiger partial charge in [-0.25, -0.2) is 0 Å². The molecule has 104 valence electrons. The van der Waals surface area contributed by atoms with Crippen LogP contribution in [0.3, 0.4) is 0 Å². The molecule has 2 rings (SSSR count). The highest BCUT2D eigenvalue weighted by Crippen LogP contribution is 2.28. The number of carbonyl (C=O) groups excluding carboxylic acids is 1.